The monoisotopic (exact) mass is 225 g/mol. The molecule has 0 amide bonds. The van der Waals surface area contributed by atoms with Crippen molar-refractivity contribution in [3.63, 3.8) is 0 Å². The molecule has 2 nitrogen and oxygen atoms in total. The molecule has 0 saturated heterocycles. The van der Waals surface area contributed by atoms with E-state index in [-0.39, 0.29) is 5.60 Å². The van der Waals surface area contributed by atoms with Crippen molar-refractivity contribution >= 4 is 11.3 Å². The Morgan fingerprint density at radius 2 is 2.40 bits per heavy atom. The number of nitrogens with one attached hydrogen (secondary N) is 1. The van der Waals surface area contributed by atoms with E-state index < -0.39 is 0 Å². The van der Waals surface area contributed by atoms with Gasteiger partial charge < -0.3 is 10.4 Å². The highest BCUT2D eigenvalue weighted by atomic mass is 32.1. The molecule has 1 aliphatic carbocycles. The van der Waals surface area contributed by atoms with Gasteiger partial charge in [-0.3, -0.25) is 0 Å². The lowest BCUT2D eigenvalue weighted by atomic mass is 9.78. The zero-order valence-electron chi connectivity index (χ0n) is 9.20. The summed E-state index contributed by atoms with van der Waals surface area (Å²) in [5, 5.41) is 15.5. The van der Waals surface area contributed by atoms with Gasteiger partial charge in [0.1, 0.15) is 0 Å². The molecule has 0 spiro atoms. The van der Waals surface area contributed by atoms with Crippen LogP contribution in [-0.4, -0.2) is 17.3 Å². The van der Waals surface area contributed by atoms with E-state index in [1.54, 1.807) is 11.3 Å². The molecule has 1 heterocycles. The van der Waals surface area contributed by atoms with Gasteiger partial charge in [0.2, 0.25) is 0 Å². The van der Waals surface area contributed by atoms with Gasteiger partial charge in [-0.25, -0.2) is 0 Å². The van der Waals surface area contributed by atoms with Crippen LogP contribution in [0, 0.1) is 0 Å². The highest BCUT2D eigenvalue weighted by Crippen LogP contribution is 2.34. The molecular weight excluding hydrogens is 206 g/mol. The summed E-state index contributed by atoms with van der Waals surface area (Å²) in [5.41, 5.74) is -0.345. The van der Waals surface area contributed by atoms with Crippen molar-refractivity contribution in [3.8, 4) is 0 Å². The summed E-state index contributed by atoms with van der Waals surface area (Å²) in [4.78, 5) is 1.37. The second-order valence-electron chi connectivity index (χ2n) is 4.52. The number of aliphatic hydroxyl groups is 1. The van der Waals surface area contributed by atoms with Crippen LogP contribution in [0.3, 0.4) is 0 Å². The van der Waals surface area contributed by atoms with Gasteiger partial charge in [-0.05, 0) is 50.6 Å². The SMILES string of the molecule is CC(NCCC1(O)CCC1)c1cccs1. The number of rotatable bonds is 5. The molecule has 3 heteroatoms. The summed E-state index contributed by atoms with van der Waals surface area (Å²) in [6.45, 7) is 3.09. The van der Waals surface area contributed by atoms with Crippen LogP contribution >= 0.6 is 11.3 Å². The Hall–Kier alpha value is -0.380. The van der Waals surface area contributed by atoms with Gasteiger partial charge in [0.05, 0.1) is 5.60 Å². The number of hydrogen-bond donors (Lipinski definition) is 2. The standard InChI is InChI=1S/C12H19NOS/c1-10(11-4-2-9-15-11)13-8-7-12(14)5-3-6-12/h2,4,9-10,13-14H,3,5-8H2,1H3. The Morgan fingerprint density at radius 1 is 1.60 bits per heavy atom. The van der Waals surface area contributed by atoms with Crippen LogP contribution in [0.25, 0.3) is 0 Å². The van der Waals surface area contributed by atoms with Crippen molar-refractivity contribution < 1.29 is 5.11 Å². The molecule has 15 heavy (non-hydrogen) atoms. The second-order valence-corrected chi connectivity index (χ2v) is 5.50. The van der Waals surface area contributed by atoms with Crippen LogP contribution in [-0.2, 0) is 0 Å². The normalized spacial score (nSPS) is 20.9. The Balaban J connectivity index is 1.69. The summed E-state index contributed by atoms with van der Waals surface area (Å²) in [7, 11) is 0. The maximum atomic E-state index is 9.92. The first-order chi connectivity index (χ1) is 7.20. The molecule has 1 saturated carbocycles. The fourth-order valence-corrected chi connectivity index (χ4v) is 2.75. The fraction of sp³-hybridized carbons (Fsp3) is 0.667. The minimum absolute atomic E-state index is 0.345. The first kappa shape index (κ1) is 11.1. The van der Waals surface area contributed by atoms with E-state index >= 15 is 0 Å². The third kappa shape index (κ3) is 2.80. The fourth-order valence-electron chi connectivity index (χ4n) is 1.99. The maximum Gasteiger partial charge on any atom is 0.0660 e. The van der Waals surface area contributed by atoms with Crippen LogP contribution in [0.4, 0.5) is 0 Å². The smallest absolute Gasteiger partial charge is 0.0660 e. The lowest BCUT2D eigenvalue weighted by Gasteiger charge is -2.37. The molecule has 1 aromatic rings. The second kappa shape index (κ2) is 4.64. The lowest BCUT2D eigenvalue weighted by Crippen LogP contribution is -2.39. The van der Waals surface area contributed by atoms with E-state index in [1.165, 1.54) is 11.3 Å². The van der Waals surface area contributed by atoms with E-state index in [1.807, 2.05) is 0 Å². The third-order valence-corrected chi connectivity index (χ3v) is 4.35. The molecule has 1 aromatic heterocycles. The number of hydrogen-bond acceptors (Lipinski definition) is 3. The zero-order chi connectivity index (χ0) is 10.7. The molecule has 0 aromatic carbocycles. The minimum atomic E-state index is -0.345. The van der Waals surface area contributed by atoms with Crippen LogP contribution in [0.1, 0.15) is 43.5 Å². The highest BCUT2D eigenvalue weighted by Gasteiger charge is 2.33. The first-order valence-corrected chi connectivity index (χ1v) is 6.57. The Morgan fingerprint density at radius 3 is 2.93 bits per heavy atom. The summed E-state index contributed by atoms with van der Waals surface area (Å²) in [6.07, 6.45) is 4.06. The van der Waals surface area contributed by atoms with Crippen molar-refractivity contribution in [1.82, 2.24) is 5.32 Å². The zero-order valence-corrected chi connectivity index (χ0v) is 10.0. The minimum Gasteiger partial charge on any atom is -0.390 e. The Labute approximate surface area is 95.3 Å². The van der Waals surface area contributed by atoms with Crippen molar-refractivity contribution in [2.45, 2.75) is 44.2 Å². The molecule has 84 valence electrons. The van der Waals surface area contributed by atoms with Gasteiger partial charge in [-0.2, -0.15) is 0 Å². The molecule has 1 aliphatic rings. The summed E-state index contributed by atoms with van der Waals surface area (Å²) < 4.78 is 0. The molecule has 0 radical (unpaired) electrons. The van der Waals surface area contributed by atoms with Crippen molar-refractivity contribution in [1.29, 1.82) is 0 Å². The van der Waals surface area contributed by atoms with E-state index in [9.17, 15) is 5.11 Å². The summed E-state index contributed by atoms with van der Waals surface area (Å²) in [5.74, 6) is 0. The van der Waals surface area contributed by atoms with Crippen LogP contribution < -0.4 is 5.32 Å². The molecule has 1 fully saturated rings. The van der Waals surface area contributed by atoms with Gasteiger partial charge in [0.15, 0.2) is 0 Å². The van der Waals surface area contributed by atoms with Crippen molar-refractivity contribution in [3.05, 3.63) is 22.4 Å². The summed E-state index contributed by atoms with van der Waals surface area (Å²) in [6, 6.07) is 4.64. The highest BCUT2D eigenvalue weighted by molar-refractivity contribution is 7.10. The van der Waals surface area contributed by atoms with Crippen LogP contribution in [0.5, 0.6) is 0 Å². The van der Waals surface area contributed by atoms with Crippen LogP contribution in [0.2, 0.25) is 0 Å². The lowest BCUT2D eigenvalue weighted by molar-refractivity contribution is -0.0398. The van der Waals surface area contributed by atoms with Crippen LogP contribution in [0.15, 0.2) is 17.5 Å². The van der Waals surface area contributed by atoms with Crippen molar-refractivity contribution in [2.75, 3.05) is 6.54 Å². The summed E-state index contributed by atoms with van der Waals surface area (Å²) >= 11 is 1.78. The third-order valence-electron chi connectivity index (χ3n) is 3.30. The quantitative estimate of drug-likeness (QED) is 0.807. The molecule has 1 atom stereocenters. The van der Waals surface area contributed by atoms with Gasteiger partial charge in [-0.1, -0.05) is 6.07 Å². The Bertz CT molecular complexity index is 293. The molecule has 2 N–H and O–H groups in total. The largest absolute Gasteiger partial charge is 0.390 e. The topological polar surface area (TPSA) is 32.3 Å². The number of thiophene rings is 1. The average molecular weight is 225 g/mol. The van der Waals surface area contributed by atoms with E-state index in [0.29, 0.717) is 6.04 Å². The predicted octanol–water partition coefficient (Wildman–Crippen LogP) is 2.70. The van der Waals surface area contributed by atoms with Gasteiger partial charge in [-0.15, -0.1) is 11.3 Å². The molecule has 0 bridgehead atoms. The van der Waals surface area contributed by atoms with Gasteiger partial charge in [0.25, 0.3) is 0 Å². The molecule has 1 unspecified atom stereocenters. The molecule has 0 aliphatic heterocycles. The Kier molecular flexibility index (Phi) is 3.44. The van der Waals surface area contributed by atoms with E-state index in [2.05, 4.69) is 29.8 Å². The van der Waals surface area contributed by atoms with E-state index in [4.69, 9.17) is 0 Å². The van der Waals surface area contributed by atoms with Crippen molar-refractivity contribution in [2.24, 2.45) is 0 Å². The maximum absolute atomic E-state index is 9.92. The van der Waals surface area contributed by atoms with Gasteiger partial charge >= 0.3 is 0 Å². The molecular formula is C12H19NOS. The van der Waals surface area contributed by atoms with Gasteiger partial charge in [0, 0.05) is 10.9 Å². The average Bonchev–Trinajstić information content (AvgIpc) is 2.67. The predicted molar refractivity (Wildman–Crippen MR) is 64.2 cm³/mol. The molecule has 2 rings (SSSR count). The first-order valence-electron chi connectivity index (χ1n) is 5.69. The van der Waals surface area contributed by atoms with E-state index in [0.717, 1.165) is 25.8 Å².